The molecular formula is C14H15N5OS. The second-order valence-electron chi connectivity index (χ2n) is 4.84. The van der Waals surface area contributed by atoms with Gasteiger partial charge in [0.2, 0.25) is 4.96 Å². The fourth-order valence-corrected chi connectivity index (χ4v) is 2.87. The molecule has 2 N–H and O–H groups in total. The number of aryl methyl sites for hydroxylation is 1. The Morgan fingerprint density at radius 2 is 2.00 bits per heavy atom. The van der Waals surface area contributed by atoms with Crippen molar-refractivity contribution in [1.82, 2.24) is 19.8 Å². The van der Waals surface area contributed by atoms with E-state index in [1.165, 1.54) is 21.4 Å². The molecule has 7 heteroatoms. The summed E-state index contributed by atoms with van der Waals surface area (Å²) < 4.78 is 1.33. The van der Waals surface area contributed by atoms with Gasteiger partial charge < -0.3 is 5.73 Å². The van der Waals surface area contributed by atoms with E-state index < -0.39 is 0 Å². The largest absolute Gasteiger partial charge is 0.330 e. The Morgan fingerprint density at radius 3 is 2.71 bits per heavy atom. The summed E-state index contributed by atoms with van der Waals surface area (Å²) in [6.45, 7) is 2.52. The highest BCUT2D eigenvalue weighted by Gasteiger charge is 2.12. The van der Waals surface area contributed by atoms with Gasteiger partial charge in [0.05, 0.1) is 0 Å². The van der Waals surface area contributed by atoms with Crippen LogP contribution in [0.5, 0.6) is 0 Å². The zero-order valence-electron chi connectivity index (χ0n) is 11.6. The van der Waals surface area contributed by atoms with Gasteiger partial charge in [0.15, 0.2) is 0 Å². The molecule has 3 rings (SSSR count). The zero-order chi connectivity index (χ0) is 14.8. The van der Waals surface area contributed by atoms with Gasteiger partial charge in [0, 0.05) is 12.8 Å². The number of rotatable bonds is 4. The smallest absolute Gasteiger partial charge is 0.297 e. The van der Waals surface area contributed by atoms with Gasteiger partial charge in [-0.2, -0.15) is 9.61 Å². The Labute approximate surface area is 125 Å². The number of hydrogen-bond acceptors (Lipinski definition) is 6. The Bertz CT molecular complexity index is 821. The van der Waals surface area contributed by atoms with Crippen LogP contribution in [0.1, 0.15) is 21.8 Å². The van der Waals surface area contributed by atoms with Gasteiger partial charge in [0.25, 0.3) is 5.56 Å². The predicted molar refractivity (Wildman–Crippen MR) is 81.7 cm³/mol. The van der Waals surface area contributed by atoms with Crippen molar-refractivity contribution in [2.75, 3.05) is 6.54 Å². The molecule has 1 aromatic carbocycles. The van der Waals surface area contributed by atoms with E-state index >= 15 is 0 Å². The normalized spacial score (nSPS) is 11.1. The SMILES string of the molecule is Cc1ccc(Cc2nnc3sc(CCN)nn3c2=O)cc1. The lowest BCUT2D eigenvalue weighted by atomic mass is 10.1. The lowest BCUT2D eigenvalue weighted by molar-refractivity contribution is 0.785. The molecule has 3 aromatic rings. The standard InChI is InChI=1S/C14H15N5OS/c1-9-2-4-10(5-3-9)8-11-13(20)19-14(17-16-11)21-12(18-19)6-7-15/h2-5H,6-8,15H2,1H3. The Hall–Kier alpha value is -2.12. The van der Waals surface area contributed by atoms with E-state index in [-0.39, 0.29) is 5.56 Å². The number of benzene rings is 1. The van der Waals surface area contributed by atoms with Gasteiger partial charge in [-0.25, -0.2) is 0 Å². The van der Waals surface area contributed by atoms with E-state index in [0.717, 1.165) is 10.6 Å². The maximum Gasteiger partial charge on any atom is 0.297 e. The molecule has 0 radical (unpaired) electrons. The van der Waals surface area contributed by atoms with E-state index in [4.69, 9.17) is 5.73 Å². The van der Waals surface area contributed by atoms with Crippen LogP contribution in [0.4, 0.5) is 0 Å². The molecule has 0 fully saturated rings. The van der Waals surface area contributed by atoms with Crippen molar-refractivity contribution in [3.63, 3.8) is 0 Å². The topological polar surface area (TPSA) is 86.2 Å². The highest BCUT2D eigenvalue weighted by atomic mass is 32.1. The van der Waals surface area contributed by atoms with Gasteiger partial charge in [-0.3, -0.25) is 4.79 Å². The molecule has 0 aliphatic carbocycles. The fourth-order valence-electron chi connectivity index (χ4n) is 2.02. The van der Waals surface area contributed by atoms with Crippen LogP contribution in [0, 0.1) is 6.92 Å². The number of aromatic nitrogens is 4. The van der Waals surface area contributed by atoms with Gasteiger partial charge in [0.1, 0.15) is 10.7 Å². The molecule has 0 bridgehead atoms. The summed E-state index contributed by atoms with van der Waals surface area (Å²) >= 11 is 1.35. The minimum Gasteiger partial charge on any atom is -0.330 e. The van der Waals surface area contributed by atoms with E-state index in [0.29, 0.717) is 30.0 Å². The van der Waals surface area contributed by atoms with Gasteiger partial charge in [-0.1, -0.05) is 41.2 Å². The summed E-state index contributed by atoms with van der Waals surface area (Å²) in [5.74, 6) is 0. The molecule has 0 atom stereocenters. The number of hydrogen-bond donors (Lipinski definition) is 1. The summed E-state index contributed by atoms with van der Waals surface area (Å²) in [5.41, 5.74) is 7.92. The highest BCUT2D eigenvalue weighted by molar-refractivity contribution is 7.16. The molecule has 0 aliphatic heterocycles. The second-order valence-corrected chi connectivity index (χ2v) is 5.88. The number of nitrogens with two attached hydrogens (primary N) is 1. The van der Waals surface area contributed by atoms with E-state index in [1.54, 1.807) is 0 Å². The van der Waals surface area contributed by atoms with Crippen LogP contribution in [0.2, 0.25) is 0 Å². The summed E-state index contributed by atoms with van der Waals surface area (Å²) in [6.07, 6.45) is 1.10. The Balaban J connectivity index is 1.97. The molecule has 0 spiro atoms. The van der Waals surface area contributed by atoms with Crippen molar-refractivity contribution in [3.05, 3.63) is 56.4 Å². The van der Waals surface area contributed by atoms with Crippen LogP contribution in [0.3, 0.4) is 0 Å². The molecule has 0 saturated heterocycles. The average molecular weight is 301 g/mol. The van der Waals surface area contributed by atoms with Crippen molar-refractivity contribution in [1.29, 1.82) is 0 Å². The monoisotopic (exact) mass is 301 g/mol. The molecule has 108 valence electrons. The lowest BCUT2D eigenvalue weighted by Crippen LogP contribution is -2.22. The van der Waals surface area contributed by atoms with E-state index in [1.807, 2.05) is 31.2 Å². The van der Waals surface area contributed by atoms with Crippen LogP contribution in [-0.4, -0.2) is 26.4 Å². The number of fused-ring (bicyclic) bond motifs is 1. The third-order valence-electron chi connectivity index (χ3n) is 3.15. The minimum absolute atomic E-state index is 0.208. The van der Waals surface area contributed by atoms with Crippen molar-refractivity contribution in [2.45, 2.75) is 19.8 Å². The van der Waals surface area contributed by atoms with E-state index in [9.17, 15) is 4.79 Å². The third kappa shape index (κ3) is 2.84. The lowest BCUT2D eigenvalue weighted by Gasteiger charge is -2.00. The summed E-state index contributed by atoms with van der Waals surface area (Å²) in [7, 11) is 0. The minimum atomic E-state index is -0.208. The van der Waals surface area contributed by atoms with Crippen LogP contribution >= 0.6 is 11.3 Å². The molecule has 0 aliphatic rings. The van der Waals surface area contributed by atoms with E-state index in [2.05, 4.69) is 15.3 Å². The quantitative estimate of drug-likeness (QED) is 0.775. The van der Waals surface area contributed by atoms with Crippen molar-refractivity contribution in [2.24, 2.45) is 5.73 Å². The zero-order valence-corrected chi connectivity index (χ0v) is 12.4. The third-order valence-corrected chi connectivity index (χ3v) is 4.11. The van der Waals surface area contributed by atoms with Crippen LogP contribution in [-0.2, 0) is 12.8 Å². The van der Waals surface area contributed by atoms with Crippen molar-refractivity contribution in [3.8, 4) is 0 Å². The first-order valence-electron chi connectivity index (χ1n) is 6.67. The first kappa shape index (κ1) is 13.8. The van der Waals surface area contributed by atoms with Gasteiger partial charge in [-0.05, 0) is 19.0 Å². The molecule has 0 unspecified atom stereocenters. The highest BCUT2D eigenvalue weighted by Crippen LogP contribution is 2.11. The summed E-state index contributed by atoms with van der Waals surface area (Å²) in [6, 6.07) is 8.01. The Morgan fingerprint density at radius 1 is 1.24 bits per heavy atom. The molecule has 2 aromatic heterocycles. The average Bonchev–Trinajstić information content (AvgIpc) is 2.88. The molecular weight excluding hydrogens is 286 g/mol. The molecule has 2 heterocycles. The first-order chi connectivity index (χ1) is 10.2. The first-order valence-corrected chi connectivity index (χ1v) is 7.49. The molecule has 21 heavy (non-hydrogen) atoms. The van der Waals surface area contributed by atoms with Crippen molar-refractivity contribution >= 4 is 16.3 Å². The van der Waals surface area contributed by atoms with Crippen LogP contribution < -0.4 is 11.3 Å². The van der Waals surface area contributed by atoms with Gasteiger partial charge >= 0.3 is 0 Å². The maximum absolute atomic E-state index is 12.4. The molecule has 6 nitrogen and oxygen atoms in total. The van der Waals surface area contributed by atoms with Crippen LogP contribution in [0.15, 0.2) is 29.1 Å². The van der Waals surface area contributed by atoms with Crippen LogP contribution in [0.25, 0.3) is 4.96 Å². The summed E-state index contributed by atoms with van der Waals surface area (Å²) in [5, 5.41) is 13.2. The summed E-state index contributed by atoms with van der Waals surface area (Å²) in [4.78, 5) is 12.9. The second kappa shape index (κ2) is 5.71. The predicted octanol–water partition coefficient (Wildman–Crippen LogP) is 0.946. The van der Waals surface area contributed by atoms with Crippen molar-refractivity contribution < 1.29 is 0 Å². The fraction of sp³-hybridized carbons (Fsp3) is 0.286. The maximum atomic E-state index is 12.4. The number of nitrogens with zero attached hydrogens (tertiary/aromatic N) is 4. The Kier molecular flexibility index (Phi) is 3.76. The molecule has 0 amide bonds. The van der Waals surface area contributed by atoms with Gasteiger partial charge in [-0.15, -0.1) is 10.2 Å². The molecule has 0 saturated carbocycles.